The molecule has 0 saturated heterocycles. The van der Waals surface area contributed by atoms with Crippen molar-refractivity contribution in [1.82, 2.24) is 4.57 Å². The highest BCUT2D eigenvalue weighted by atomic mass is 32.2. The fourth-order valence-electron chi connectivity index (χ4n) is 3.34. The van der Waals surface area contributed by atoms with Crippen LogP contribution in [0.3, 0.4) is 0 Å². The zero-order chi connectivity index (χ0) is 17.1. The molecular formula is C21H23NOS. The summed E-state index contributed by atoms with van der Waals surface area (Å²) in [6.45, 7) is 6.49. The van der Waals surface area contributed by atoms with E-state index in [4.69, 9.17) is 0 Å². The van der Waals surface area contributed by atoms with Gasteiger partial charge in [-0.2, -0.15) is 11.8 Å². The molecule has 3 aromatic rings. The molecule has 124 valence electrons. The minimum Gasteiger partial charge on any atom is -0.341 e. The summed E-state index contributed by atoms with van der Waals surface area (Å²) in [4.78, 5) is 13.1. The Morgan fingerprint density at radius 3 is 2.46 bits per heavy atom. The third-order valence-electron chi connectivity index (χ3n) is 4.42. The monoisotopic (exact) mass is 337 g/mol. The lowest BCUT2D eigenvalue weighted by Crippen LogP contribution is -2.11. The lowest BCUT2D eigenvalue weighted by atomic mass is 10.0. The smallest absolute Gasteiger partial charge is 0.195 e. The average molecular weight is 337 g/mol. The molecule has 1 unspecified atom stereocenters. The Balaban J connectivity index is 2.15. The van der Waals surface area contributed by atoms with Crippen LogP contribution in [-0.2, 0) is 0 Å². The van der Waals surface area contributed by atoms with Crippen LogP contribution < -0.4 is 0 Å². The summed E-state index contributed by atoms with van der Waals surface area (Å²) in [5.74, 6) is 2.27. The van der Waals surface area contributed by atoms with Gasteiger partial charge >= 0.3 is 0 Å². The van der Waals surface area contributed by atoms with E-state index in [0.717, 1.165) is 39.2 Å². The second-order valence-electron chi connectivity index (χ2n) is 6.05. The fraction of sp³-hybridized carbons (Fsp3) is 0.286. The molecule has 0 aliphatic carbocycles. The lowest BCUT2D eigenvalue weighted by molar-refractivity contribution is 0.103. The quantitative estimate of drug-likeness (QED) is 0.554. The van der Waals surface area contributed by atoms with Crippen molar-refractivity contribution in [2.75, 3.05) is 11.5 Å². The molecule has 1 atom stereocenters. The molecule has 1 heterocycles. The fourth-order valence-corrected chi connectivity index (χ4v) is 4.07. The first-order valence-electron chi connectivity index (χ1n) is 8.42. The van der Waals surface area contributed by atoms with Gasteiger partial charge in [0.2, 0.25) is 0 Å². The molecule has 24 heavy (non-hydrogen) atoms. The van der Waals surface area contributed by atoms with Gasteiger partial charge < -0.3 is 4.57 Å². The van der Waals surface area contributed by atoms with Crippen molar-refractivity contribution in [3.63, 3.8) is 0 Å². The van der Waals surface area contributed by atoms with E-state index in [1.165, 1.54) is 0 Å². The second-order valence-corrected chi connectivity index (χ2v) is 7.37. The number of rotatable bonds is 6. The Morgan fingerprint density at radius 2 is 1.75 bits per heavy atom. The van der Waals surface area contributed by atoms with E-state index in [-0.39, 0.29) is 5.78 Å². The van der Waals surface area contributed by atoms with E-state index in [1.54, 1.807) is 0 Å². The van der Waals surface area contributed by atoms with Gasteiger partial charge in [-0.25, -0.2) is 0 Å². The molecule has 0 bridgehead atoms. The Kier molecular flexibility index (Phi) is 5.10. The van der Waals surface area contributed by atoms with Gasteiger partial charge in [0.25, 0.3) is 0 Å². The number of nitrogens with zero attached hydrogens (tertiary/aromatic N) is 1. The summed E-state index contributed by atoms with van der Waals surface area (Å²) in [7, 11) is 0. The highest BCUT2D eigenvalue weighted by molar-refractivity contribution is 7.99. The van der Waals surface area contributed by atoms with Gasteiger partial charge in [0, 0.05) is 34.0 Å². The first-order valence-corrected chi connectivity index (χ1v) is 9.57. The van der Waals surface area contributed by atoms with Crippen LogP contribution in [0, 0.1) is 6.92 Å². The maximum atomic E-state index is 13.1. The molecule has 1 aromatic heterocycles. The highest BCUT2D eigenvalue weighted by Crippen LogP contribution is 2.31. The molecule has 0 fully saturated rings. The first kappa shape index (κ1) is 16.8. The number of hydrogen-bond donors (Lipinski definition) is 0. The molecule has 0 aliphatic heterocycles. The van der Waals surface area contributed by atoms with Crippen molar-refractivity contribution in [2.24, 2.45) is 0 Å². The minimum absolute atomic E-state index is 0.110. The zero-order valence-electron chi connectivity index (χ0n) is 14.5. The van der Waals surface area contributed by atoms with E-state index < -0.39 is 0 Å². The number of carbonyl (C=O) groups excluding carboxylic acids is 1. The second kappa shape index (κ2) is 7.27. The molecule has 0 spiro atoms. The summed E-state index contributed by atoms with van der Waals surface area (Å²) >= 11 is 1.94. The predicted molar refractivity (Wildman–Crippen MR) is 104 cm³/mol. The van der Waals surface area contributed by atoms with Gasteiger partial charge in [0.05, 0.1) is 5.56 Å². The highest BCUT2D eigenvalue weighted by Gasteiger charge is 2.22. The Morgan fingerprint density at radius 1 is 1.08 bits per heavy atom. The van der Waals surface area contributed by atoms with Crippen LogP contribution in [0.25, 0.3) is 10.9 Å². The van der Waals surface area contributed by atoms with Crippen molar-refractivity contribution >= 4 is 28.4 Å². The van der Waals surface area contributed by atoms with Crippen molar-refractivity contribution < 1.29 is 4.79 Å². The molecule has 0 amide bonds. The summed E-state index contributed by atoms with van der Waals surface area (Å²) in [6.07, 6.45) is 0. The molecule has 0 aliphatic rings. The maximum absolute atomic E-state index is 13.1. The lowest BCUT2D eigenvalue weighted by Gasteiger charge is -2.17. The standard InChI is InChI=1S/C21H23NOS/c1-4-24-14-15(2)22-16(3)20(18-12-8-9-13-19(18)22)21(23)17-10-6-5-7-11-17/h5-13,15H,4,14H2,1-3H3. The van der Waals surface area contributed by atoms with Crippen molar-refractivity contribution in [3.8, 4) is 0 Å². The Labute approximate surface area is 147 Å². The topological polar surface area (TPSA) is 22.0 Å². The predicted octanol–water partition coefficient (Wildman–Crippen LogP) is 5.49. The maximum Gasteiger partial charge on any atom is 0.195 e. The van der Waals surface area contributed by atoms with Gasteiger partial charge in [0.15, 0.2) is 5.78 Å². The van der Waals surface area contributed by atoms with Crippen LogP contribution in [0.4, 0.5) is 0 Å². The van der Waals surface area contributed by atoms with Crippen LogP contribution in [0.15, 0.2) is 54.6 Å². The van der Waals surface area contributed by atoms with Gasteiger partial charge in [0.1, 0.15) is 0 Å². The number of aromatic nitrogens is 1. The van der Waals surface area contributed by atoms with Gasteiger partial charge in [-0.1, -0.05) is 55.5 Å². The van der Waals surface area contributed by atoms with Crippen LogP contribution in [-0.4, -0.2) is 21.9 Å². The minimum atomic E-state index is 0.110. The van der Waals surface area contributed by atoms with Crippen molar-refractivity contribution in [2.45, 2.75) is 26.8 Å². The Hall–Kier alpha value is -2.00. The van der Waals surface area contributed by atoms with E-state index in [2.05, 4.69) is 43.5 Å². The third kappa shape index (κ3) is 3.01. The van der Waals surface area contributed by atoms with Crippen LogP contribution in [0.2, 0.25) is 0 Å². The van der Waals surface area contributed by atoms with Crippen molar-refractivity contribution in [1.29, 1.82) is 0 Å². The third-order valence-corrected chi connectivity index (χ3v) is 5.55. The number of hydrogen-bond acceptors (Lipinski definition) is 2. The Bertz CT molecular complexity index is 851. The average Bonchev–Trinajstić information content (AvgIpc) is 2.91. The van der Waals surface area contributed by atoms with Gasteiger partial charge in [-0.3, -0.25) is 4.79 Å². The van der Waals surface area contributed by atoms with Gasteiger partial charge in [-0.05, 0) is 25.7 Å². The van der Waals surface area contributed by atoms with Gasteiger partial charge in [-0.15, -0.1) is 0 Å². The number of carbonyl (C=O) groups is 1. The summed E-state index contributed by atoms with van der Waals surface area (Å²) < 4.78 is 2.33. The SMILES string of the molecule is CCSCC(C)n1c(C)c(C(=O)c2ccccc2)c2ccccc21. The first-order chi connectivity index (χ1) is 11.6. The van der Waals surface area contributed by atoms with E-state index in [1.807, 2.05) is 48.2 Å². The molecule has 2 nitrogen and oxygen atoms in total. The number of benzene rings is 2. The molecular weight excluding hydrogens is 314 g/mol. The molecule has 0 radical (unpaired) electrons. The molecule has 3 heteroatoms. The van der Waals surface area contributed by atoms with Crippen molar-refractivity contribution in [3.05, 3.63) is 71.4 Å². The van der Waals surface area contributed by atoms with E-state index in [0.29, 0.717) is 6.04 Å². The largest absolute Gasteiger partial charge is 0.341 e. The normalized spacial score (nSPS) is 12.5. The van der Waals surface area contributed by atoms with E-state index >= 15 is 0 Å². The zero-order valence-corrected chi connectivity index (χ0v) is 15.3. The number of thioether (sulfide) groups is 1. The molecule has 3 rings (SSSR count). The van der Waals surface area contributed by atoms with Crippen LogP contribution in [0.5, 0.6) is 0 Å². The number of para-hydroxylation sites is 1. The number of fused-ring (bicyclic) bond motifs is 1. The van der Waals surface area contributed by atoms with Crippen LogP contribution in [0.1, 0.15) is 41.5 Å². The summed E-state index contributed by atoms with van der Waals surface area (Å²) in [6, 6.07) is 18.2. The molecule has 0 saturated carbocycles. The number of ketones is 1. The molecule has 2 aromatic carbocycles. The summed E-state index contributed by atoms with van der Waals surface area (Å²) in [5.41, 5.74) is 3.80. The van der Waals surface area contributed by atoms with Crippen LogP contribution >= 0.6 is 11.8 Å². The van der Waals surface area contributed by atoms with E-state index in [9.17, 15) is 4.79 Å². The molecule has 0 N–H and O–H groups in total. The summed E-state index contributed by atoms with van der Waals surface area (Å²) in [5, 5.41) is 1.05.